The highest BCUT2D eigenvalue weighted by Crippen LogP contribution is 2.43. The Hall–Kier alpha value is -4.63. The van der Waals surface area contributed by atoms with Gasteiger partial charge in [0.05, 0.1) is 27.7 Å². The third-order valence-electron chi connectivity index (χ3n) is 17.7. The molecule has 0 saturated carbocycles. The Balaban J connectivity index is 4.05. The first-order chi connectivity index (χ1) is 50.0. The largest absolute Gasteiger partial charge is 0.472 e. The van der Waals surface area contributed by atoms with Crippen LogP contribution in [-0.4, -0.2) is 74.9 Å². The third-order valence-corrected chi connectivity index (χ3v) is 18.7. The van der Waals surface area contributed by atoms with Gasteiger partial charge in [0, 0.05) is 12.8 Å². The summed E-state index contributed by atoms with van der Waals surface area (Å²) in [5.41, 5.74) is 0. The van der Waals surface area contributed by atoms with E-state index < -0.39 is 26.5 Å². The summed E-state index contributed by atoms with van der Waals surface area (Å²) in [6.07, 6.45) is 122. The highest BCUT2D eigenvalue weighted by Gasteiger charge is 2.27. The van der Waals surface area contributed by atoms with Crippen LogP contribution in [0.3, 0.4) is 0 Å². The van der Waals surface area contributed by atoms with Crippen molar-refractivity contribution in [3.05, 3.63) is 170 Å². The minimum absolute atomic E-state index is 0.0196. The average molecular weight is 1440 g/mol. The first kappa shape index (κ1) is 97.4. The molecule has 2 unspecified atom stereocenters. The molecule has 0 spiro atoms. The second kappa shape index (κ2) is 80.5. The van der Waals surface area contributed by atoms with Crippen molar-refractivity contribution in [3.8, 4) is 0 Å². The number of nitrogens with zero attached hydrogens (tertiary/aromatic N) is 1. The maximum atomic E-state index is 12.9. The predicted octanol–water partition coefficient (Wildman–Crippen LogP) is 28.4. The fraction of sp³-hybridized carbons (Fsp3) is 0.674. The lowest BCUT2D eigenvalue weighted by atomic mass is 10.0. The topological polar surface area (TPSA) is 108 Å². The number of likely N-dealkylation sites (N-methyl/N-ethyl adjacent to an activating group) is 1. The van der Waals surface area contributed by atoms with E-state index in [1.54, 1.807) is 0 Å². The molecule has 0 radical (unpaired) electrons. The number of rotatable bonds is 76. The summed E-state index contributed by atoms with van der Waals surface area (Å²) < 4.78 is 34.8. The van der Waals surface area contributed by atoms with E-state index in [9.17, 15) is 19.0 Å². The zero-order valence-corrected chi connectivity index (χ0v) is 67.4. The number of ether oxygens (including phenoxy) is 2. The van der Waals surface area contributed by atoms with Crippen LogP contribution >= 0.6 is 7.82 Å². The Morgan fingerprint density at radius 3 is 0.833 bits per heavy atom. The summed E-state index contributed by atoms with van der Waals surface area (Å²) in [7, 11) is 1.45. The monoisotopic (exact) mass is 1440 g/mol. The van der Waals surface area contributed by atoms with E-state index in [1.807, 2.05) is 21.1 Å². The van der Waals surface area contributed by atoms with Crippen molar-refractivity contribution >= 4 is 19.8 Å². The zero-order chi connectivity index (χ0) is 74.0. The van der Waals surface area contributed by atoms with Crippen molar-refractivity contribution in [3.63, 3.8) is 0 Å². The van der Waals surface area contributed by atoms with Crippen molar-refractivity contribution in [2.75, 3.05) is 47.5 Å². The summed E-state index contributed by atoms with van der Waals surface area (Å²) in [5, 5.41) is 0. The van der Waals surface area contributed by atoms with Crippen molar-refractivity contribution < 1.29 is 42.1 Å². The Kier molecular flexibility index (Phi) is 76.8. The second-order valence-electron chi connectivity index (χ2n) is 28.8. The quantitative estimate of drug-likeness (QED) is 0.0211. The maximum absolute atomic E-state index is 12.9. The molecule has 0 aromatic heterocycles. The van der Waals surface area contributed by atoms with Crippen LogP contribution in [0.15, 0.2) is 170 Å². The Morgan fingerprint density at radius 1 is 0.314 bits per heavy atom. The Bertz CT molecular complexity index is 2340. The first-order valence-electron chi connectivity index (χ1n) is 41.9. The van der Waals surface area contributed by atoms with Crippen LogP contribution in [0.1, 0.15) is 348 Å². The van der Waals surface area contributed by atoms with Gasteiger partial charge in [-0.05, 0) is 135 Å². The van der Waals surface area contributed by atoms with E-state index >= 15 is 0 Å². The van der Waals surface area contributed by atoms with Gasteiger partial charge in [-0.3, -0.25) is 18.6 Å². The molecular formula is C92H157NO8P+. The lowest BCUT2D eigenvalue weighted by Gasteiger charge is -2.24. The molecule has 0 bridgehead atoms. The maximum Gasteiger partial charge on any atom is 0.472 e. The van der Waals surface area contributed by atoms with Crippen molar-refractivity contribution in [1.29, 1.82) is 0 Å². The fourth-order valence-corrected chi connectivity index (χ4v) is 12.1. The number of carbonyl (C=O) groups excluding carboxylic acids is 2. The first-order valence-corrected chi connectivity index (χ1v) is 43.4. The average Bonchev–Trinajstić information content (AvgIpc) is 0.916. The van der Waals surface area contributed by atoms with E-state index in [2.05, 4.69) is 184 Å². The summed E-state index contributed by atoms with van der Waals surface area (Å²) in [5.74, 6) is -0.825. The van der Waals surface area contributed by atoms with Gasteiger partial charge in [-0.2, -0.15) is 0 Å². The number of phosphoric ester groups is 1. The van der Waals surface area contributed by atoms with Crippen LogP contribution in [0, 0.1) is 0 Å². The van der Waals surface area contributed by atoms with Crippen LogP contribution < -0.4 is 0 Å². The standard InChI is InChI=1S/C92H156NO8P/c1-6-8-10-12-14-16-18-20-22-24-26-28-30-32-34-36-38-40-42-44-45-46-47-49-51-53-55-57-59-61-63-65-67-69-71-73-75-77-79-81-83-85-92(95)101-90(89-100-102(96,97)99-87-86-93(3,4)5)88-98-91(94)84-82-80-78-76-74-72-70-68-66-64-62-60-58-56-54-52-50-48-43-41-39-37-35-33-31-29-27-25-23-21-19-17-15-13-11-9-7-2/h8,10,14,16,19-22,25-28,32,34,38,40,44-45,47,49,53,55,59,61,65,67,71,73,90H,6-7,9,11-13,15,17-18,23-24,29-31,33,35-37,39,41-43,46,48,50-52,54,56-58,60,62-64,66,68-70,72,74-89H2,1-5H3/p+1/b10-8-,16-14-,21-19-,22-20-,27-25-,28-26-,34-32-,40-38-,45-44-,49-47-,55-53-,61-59-,67-65-,73-71-. The molecule has 0 aliphatic carbocycles. The highest BCUT2D eigenvalue weighted by molar-refractivity contribution is 7.47. The lowest BCUT2D eigenvalue weighted by molar-refractivity contribution is -0.870. The number of allylic oxidation sites excluding steroid dienone is 28. The van der Waals surface area contributed by atoms with E-state index in [0.717, 1.165) is 128 Å². The second-order valence-corrected chi connectivity index (χ2v) is 30.2. The lowest BCUT2D eigenvalue weighted by Crippen LogP contribution is -2.37. The summed E-state index contributed by atoms with van der Waals surface area (Å²) in [6.45, 7) is 4.30. The Morgan fingerprint density at radius 2 is 0.559 bits per heavy atom. The highest BCUT2D eigenvalue weighted by atomic mass is 31.2. The minimum Gasteiger partial charge on any atom is -0.462 e. The van der Waals surface area contributed by atoms with Crippen molar-refractivity contribution in [2.24, 2.45) is 0 Å². The van der Waals surface area contributed by atoms with Gasteiger partial charge in [-0.25, -0.2) is 4.57 Å². The van der Waals surface area contributed by atoms with Crippen LogP contribution in [0.5, 0.6) is 0 Å². The normalized spacial score (nSPS) is 13.9. The molecule has 0 saturated heterocycles. The molecule has 1 N–H and O–H groups in total. The minimum atomic E-state index is -4.41. The molecule has 0 aliphatic heterocycles. The van der Waals surface area contributed by atoms with Crippen LogP contribution in [0.25, 0.3) is 0 Å². The van der Waals surface area contributed by atoms with Crippen molar-refractivity contribution in [1.82, 2.24) is 0 Å². The van der Waals surface area contributed by atoms with E-state index in [4.69, 9.17) is 18.5 Å². The number of hydrogen-bond acceptors (Lipinski definition) is 7. The molecule has 10 heteroatoms. The van der Waals surface area contributed by atoms with Gasteiger partial charge in [-0.1, -0.05) is 370 Å². The SMILES string of the molecule is CC/C=C\C/C=C\C/C=C\C/C=C\C/C=C\C/C=C\C/C=C\C/C=C\C/C=C\C/C=C\C/C=C\C/C=C\CCCCCCC(=O)OC(COC(=O)CCCCCCCCCCCCCCCCCCCCCCCCCCC/C=C\C/C=C\CCCCCCC)COP(=O)(O)OCC[N+](C)(C)C. The summed E-state index contributed by atoms with van der Waals surface area (Å²) >= 11 is 0. The molecule has 2 atom stereocenters. The third kappa shape index (κ3) is 84.3. The summed E-state index contributed by atoms with van der Waals surface area (Å²) in [4.78, 5) is 36.0. The van der Waals surface area contributed by atoms with E-state index in [-0.39, 0.29) is 32.0 Å². The Labute approximate surface area is 629 Å². The van der Waals surface area contributed by atoms with Gasteiger partial charge in [-0.15, -0.1) is 0 Å². The van der Waals surface area contributed by atoms with Gasteiger partial charge in [0.15, 0.2) is 6.10 Å². The summed E-state index contributed by atoms with van der Waals surface area (Å²) in [6, 6.07) is 0. The number of phosphoric acid groups is 1. The fourth-order valence-electron chi connectivity index (χ4n) is 11.4. The van der Waals surface area contributed by atoms with E-state index in [1.165, 1.54) is 186 Å². The molecular weight excluding hydrogens is 1280 g/mol. The van der Waals surface area contributed by atoms with Crippen LogP contribution in [0.4, 0.5) is 0 Å². The molecule has 0 aromatic rings. The van der Waals surface area contributed by atoms with Gasteiger partial charge in [0.25, 0.3) is 0 Å². The predicted molar refractivity (Wildman–Crippen MR) is 445 cm³/mol. The van der Waals surface area contributed by atoms with Crippen LogP contribution in [-0.2, 0) is 32.7 Å². The zero-order valence-electron chi connectivity index (χ0n) is 66.5. The van der Waals surface area contributed by atoms with Gasteiger partial charge >= 0.3 is 19.8 Å². The molecule has 0 amide bonds. The molecule has 0 fully saturated rings. The van der Waals surface area contributed by atoms with Gasteiger partial charge < -0.3 is 18.9 Å². The number of carbonyl (C=O) groups is 2. The van der Waals surface area contributed by atoms with Crippen LogP contribution in [0.2, 0.25) is 0 Å². The molecule has 102 heavy (non-hydrogen) atoms. The number of quaternary nitrogens is 1. The molecule has 0 aliphatic rings. The van der Waals surface area contributed by atoms with Gasteiger partial charge in [0.2, 0.25) is 0 Å². The molecule has 0 aromatic carbocycles. The molecule has 0 rings (SSSR count). The molecule has 9 nitrogen and oxygen atoms in total. The molecule has 0 heterocycles. The number of hydrogen-bond donors (Lipinski definition) is 1. The van der Waals surface area contributed by atoms with Gasteiger partial charge in [0.1, 0.15) is 19.8 Å². The number of unbranched alkanes of at least 4 members (excludes halogenated alkanes) is 34. The molecule has 582 valence electrons. The smallest absolute Gasteiger partial charge is 0.462 e. The van der Waals surface area contributed by atoms with E-state index in [0.29, 0.717) is 17.4 Å². The van der Waals surface area contributed by atoms with Crippen molar-refractivity contribution in [2.45, 2.75) is 354 Å². The number of esters is 2.